The lowest BCUT2D eigenvalue weighted by atomic mass is 10.1. The molecule has 1 aromatic carbocycles. The molecule has 0 bridgehead atoms. The zero-order valence-corrected chi connectivity index (χ0v) is 24.1. The van der Waals surface area contributed by atoms with Crippen molar-refractivity contribution >= 4 is 40.7 Å². The smallest absolute Gasteiger partial charge is 0.160 e. The van der Waals surface area contributed by atoms with Crippen molar-refractivity contribution in [2.24, 2.45) is 0 Å². The summed E-state index contributed by atoms with van der Waals surface area (Å²) in [4.78, 5) is 17.0. The first kappa shape index (κ1) is 28.2. The Labute approximate surface area is 225 Å². The zero-order chi connectivity index (χ0) is 24.7. The van der Waals surface area contributed by atoms with Crippen LogP contribution in [0.5, 0.6) is 0 Å². The van der Waals surface area contributed by atoms with Crippen LogP contribution in [-0.2, 0) is 12.8 Å². The average molecular weight is 527 g/mol. The van der Waals surface area contributed by atoms with E-state index in [0.717, 1.165) is 29.6 Å². The van der Waals surface area contributed by atoms with Crippen molar-refractivity contribution < 1.29 is 4.79 Å². The van der Waals surface area contributed by atoms with Crippen molar-refractivity contribution in [2.45, 2.75) is 113 Å². The molecule has 2 aromatic heterocycles. The Balaban J connectivity index is 1.73. The van der Waals surface area contributed by atoms with E-state index in [1.54, 1.807) is 11.3 Å². The van der Waals surface area contributed by atoms with Crippen LogP contribution in [0.15, 0.2) is 51.6 Å². The summed E-state index contributed by atoms with van der Waals surface area (Å²) in [5.41, 5.74) is 2.41. The monoisotopic (exact) mass is 526 g/mol. The number of aryl methyl sites for hydroxylation is 2. The Bertz CT molecular complexity index is 986. The first-order valence-corrected chi connectivity index (χ1v) is 16.1. The van der Waals surface area contributed by atoms with E-state index < -0.39 is 0 Å². The molecule has 0 spiro atoms. The van der Waals surface area contributed by atoms with Gasteiger partial charge in [-0.1, -0.05) is 108 Å². The van der Waals surface area contributed by atoms with Gasteiger partial charge in [0.25, 0.3) is 0 Å². The van der Waals surface area contributed by atoms with Crippen LogP contribution in [0.1, 0.15) is 110 Å². The fourth-order valence-corrected chi connectivity index (χ4v) is 7.98. The number of thiophene rings is 2. The molecule has 0 N–H and O–H groups in total. The van der Waals surface area contributed by atoms with Gasteiger partial charge in [-0.15, -0.1) is 22.7 Å². The maximum atomic E-state index is 12.0. The SMILES string of the molecule is CCCCCCCCc1cc(-c2cc(CCCCCCCC)sc2Sc2ccccc2)c(C=O)s1. The molecular weight excluding hydrogens is 485 g/mol. The number of carbonyl (C=O) groups excluding carboxylic acids is 1. The van der Waals surface area contributed by atoms with Crippen LogP contribution >= 0.6 is 34.4 Å². The molecule has 0 aliphatic rings. The van der Waals surface area contributed by atoms with E-state index in [-0.39, 0.29) is 0 Å². The number of hydrogen-bond donors (Lipinski definition) is 0. The third kappa shape index (κ3) is 9.55. The molecule has 0 atom stereocenters. The first-order valence-electron chi connectivity index (χ1n) is 13.7. The molecule has 0 amide bonds. The molecule has 0 radical (unpaired) electrons. The van der Waals surface area contributed by atoms with Gasteiger partial charge in [-0.05, 0) is 49.9 Å². The van der Waals surface area contributed by atoms with Gasteiger partial charge in [0, 0.05) is 25.8 Å². The average Bonchev–Trinajstić information content (AvgIpc) is 3.47. The third-order valence-corrected chi connectivity index (χ3v) is 9.99. The number of hydrogen-bond acceptors (Lipinski definition) is 4. The highest BCUT2D eigenvalue weighted by Gasteiger charge is 2.18. The quantitative estimate of drug-likeness (QED) is 0.121. The zero-order valence-electron chi connectivity index (χ0n) is 21.7. The largest absolute Gasteiger partial charge is 0.297 e. The van der Waals surface area contributed by atoms with E-state index in [1.807, 2.05) is 23.1 Å². The maximum Gasteiger partial charge on any atom is 0.160 e. The van der Waals surface area contributed by atoms with E-state index in [0.29, 0.717) is 0 Å². The maximum absolute atomic E-state index is 12.0. The normalized spacial score (nSPS) is 11.3. The lowest BCUT2D eigenvalue weighted by Gasteiger charge is -2.03. The summed E-state index contributed by atoms with van der Waals surface area (Å²) in [6, 6.07) is 15.3. The minimum absolute atomic E-state index is 0.893. The lowest BCUT2D eigenvalue weighted by Crippen LogP contribution is -1.83. The Morgan fingerprint density at radius 1 is 0.686 bits per heavy atom. The van der Waals surface area contributed by atoms with Crippen molar-refractivity contribution in [3.8, 4) is 11.1 Å². The number of carbonyl (C=O) groups is 1. The minimum atomic E-state index is 0.893. The Morgan fingerprint density at radius 3 is 1.83 bits per heavy atom. The van der Waals surface area contributed by atoms with Gasteiger partial charge in [0.1, 0.15) is 0 Å². The molecule has 3 rings (SSSR count). The van der Waals surface area contributed by atoms with Gasteiger partial charge in [0.05, 0.1) is 9.09 Å². The summed E-state index contributed by atoms with van der Waals surface area (Å²) >= 11 is 5.47. The van der Waals surface area contributed by atoms with Crippen LogP contribution in [-0.4, -0.2) is 6.29 Å². The van der Waals surface area contributed by atoms with Crippen LogP contribution in [0.4, 0.5) is 0 Å². The molecule has 0 aliphatic carbocycles. The molecule has 0 saturated carbocycles. The molecule has 0 saturated heterocycles. The van der Waals surface area contributed by atoms with Crippen LogP contribution in [0.25, 0.3) is 11.1 Å². The van der Waals surface area contributed by atoms with Crippen molar-refractivity contribution in [3.63, 3.8) is 0 Å². The third-order valence-electron chi connectivity index (χ3n) is 6.47. The summed E-state index contributed by atoms with van der Waals surface area (Å²) in [5.74, 6) is 0. The highest BCUT2D eigenvalue weighted by atomic mass is 32.2. The molecule has 2 heterocycles. The van der Waals surface area contributed by atoms with Crippen LogP contribution < -0.4 is 0 Å². The number of unbranched alkanes of at least 4 members (excludes halogenated alkanes) is 10. The van der Waals surface area contributed by atoms with E-state index in [9.17, 15) is 4.79 Å². The first-order chi connectivity index (χ1) is 17.2. The molecule has 0 unspecified atom stereocenters. The number of rotatable bonds is 18. The van der Waals surface area contributed by atoms with Crippen LogP contribution in [0.3, 0.4) is 0 Å². The van der Waals surface area contributed by atoms with E-state index in [4.69, 9.17) is 0 Å². The van der Waals surface area contributed by atoms with E-state index >= 15 is 0 Å². The second-order valence-electron chi connectivity index (χ2n) is 9.47. The standard InChI is InChI=1S/C31H42OS3/c1-3-5-7-9-11-14-20-26-22-28(30(24-32)33-26)29-23-27(21-15-12-10-8-6-4-2)35-31(29)34-25-18-16-13-17-19-25/h13,16-19,22-24H,3-12,14-15,20-21H2,1-2H3. The predicted octanol–water partition coefficient (Wildman–Crippen LogP) is 11.2. The molecule has 0 fully saturated rings. The van der Waals surface area contributed by atoms with Gasteiger partial charge in [0.15, 0.2) is 6.29 Å². The fraction of sp³-hybridized carbons (Fsp3) is 0.516. The lowest BCUT2D eigenvalue weighted by molar-refractivity contribution is 0.112. The highest BCUT2D eigenvalue weighted by Crippen LogP contribution is 2.45. The van der Waals surface area contributed by atoms with Crippen molar-refractivity contribution in [1.82, 2.24) is 0 Å². The molecule has 4 heteroatoms. The molecule has 3 aromatic rings. The summed E-state index contributed by atoms with van der Waals surface area (Å²) in [5, 5.41) is 0. The highest BCUT2D eigenvalue weighted by molar-refractivity contribution is 8.01. The summed E-state index contributed by atoms with van der Waals surface area (Å²) < 4.78 is 1.32. The number of aldehydes is 1. The molecule has 35 heavy (non-hydrogen) atoms. The second-order valence-corrected chi connectivity index (χ2v) is 13.1. The molecule has 0 aliphatic heterocycles. The van der Waals surface area contributed by atoms with Crippen molar-refractivity contribution in [1.29, 1.82) is 0 Å². The van der Waals surface area contributed by atoms with Gasteiger partial charge in [0.2, 0.25) is 0 Å². The van der Waals surface area contributed by atoms with Crippen LogP contribution in [0, 0.1) is 0 Å². The van der Waals surface area contributed by atoms with Gasteiger partial charge < -0.3 is 0 Å². The summed E-state index contributed by atoms with van der Waals surface area (Å²) in [6.07, 6.45) is 19.1. The molecular formula is C31H42OS3. The predicted molar refractivity (Wildman–Crippen MR) is 158 cm³/mol. The summed E-state index contributed by atoms with van der Waals surface area (Å²) in [7, 11) is 0. The Hall–Kier alpha value is -1.36. The minimum Gasteiger partial charge on any atom is -0.297 e. The van der Waals surface area contributed by atoms with E-state index in [1.165, 1.54) is 101 Å². The summed E-state index contributed by atoms with van der Waals surface area (Å²) in [6.45, 7) is 4.54. The van der Waals surface area contributed by atoms with E-state index in [2.05, 4.69) is 56.3 Å². The molecule has 1 nitrogen and oxygen atoms in total. The van der Waals surface area contributed by atoms with Crippen molar-refractivity contribution in [3.05, 3.63) is 57.1 Å². The van der Waals surface area contributed by atoms with Crippen molar-refractivity contribution in [2.75, 3.05) is 0 Å². The number of benzene rings is 1. The van der Waals surface area contributed by atoms with Gasteiger partial charge in [-0.3, -0.25) is 4.79 Å². The Morgan fingerprint density at radius 2 is 1.23 bits per heavy atom. The van der Waals surface area contributed by atoms with Gasteiger partial charge >= 0.3 is 0 Å². The Kier molecular flexibility index (Phi) is 13.2. The molecule has 190 valence electrons. The second kappa shape index (κ2) is 16.4. The fourth-order valence-electron chi connectivity index (χ4n) is 4.44. The van der Waals surface area contributed by atoms with Crippen LogP contribution in [0.2, 0.25) is 0 Å². The van der Waals surface area contributed by atoms with Gasteiger partial charge in [-0.25, -0.2) is 0 Å². The van der Waals surface area contributed by atoms with Gasteiger partial charge in [-0.2, -0.15) is 0 Å². The topological polar surface area (TPSA) is 17.1 Å².